The molecule has 1 aromatic heterocycles. The standard InChI is InChI=1S/C15H18BrN3O/c16-11-13-3-5-14(6-4-13)15(20)18-7-1-2-9-19-10-8-17-12-19/h3-6,8,10,12H,1-2,7,9,11H2,(H,18,20). The number of aryl methyl sites for hydroxylation is 1. The van der Waals surface area contributed by atoms with E-state index in [1.165, 1.54) is 5.56 Å². The SMILES string of the molecule is O=C(NCCCCn1ccnc1)c1ccc(CBr)cc1. The predicted octanol–water partition coefficient (Wildman–Crippen LogP) is 2.99. The van der Waals surface area contributed by atoms with E-state index in [9.17, 15) is 4.79 Å². The topological polar surface area (TPSA) is 46.9 Å². The molecule has 0 atom stereocenters. The average Bonchev–Trinajstić information content (AvgIpc) is 3.00. The molecule has 1 heterocycles. The largest absolute Gasteiger partial charge is 0.352 e. The van der Waals surface area contributed by atoms with Crippen molar-refractivity contribution in [1.82, 2.24) is 14.9 Å². The van der Waals surface area contributed by atoms with Gasteiger partial charge in [0.2, 0.25) is 0 Å². The zero-order chi connectivity index (χ0) is 14.2. The third-order valence-corrected chi connectivity index (χ3v) is 3.71. The summed E-state index contributed by atoms with van der Waals surface area (Å²) in [6, 6.07) is 7.64. The Balaban J connectivity index is 1.66. The monoisotopic (exact) mass is 335 g/mol. The molecule has 0 aliphatic heterocycles. The van der Waals surface area contributed by atoms with Crippen LogP contribution in [-0.4, -0.2) is 22.0 Å². The van der Waals surface area contributed by atoms with Crippen molar-refractivity contribution in [3.8, 4) is 0 Å². The number of halogens is 1. The maximum absolute atomic E-state index is 11.9. The van der Waals surface area contributed by atoms with Crippen molar-refractivity contribution in [2.45, 2.75) is 24.7 Å². The number of imidazole rings is 1. The number of alkyl halides is 1. The second-order valence-corrected chi connectivity index (χ2v) is 5.15. The Hall–Kier alpha value is -1.62. The highest BCUT2D eigenvalue weighted by Crippen LogP contribution is 2.07. The van der Waals surface area contributed by atoms with Crippen LogP contribution in [-0.2, 0) is 11.9 Å². The minimum Gasteiger partial charge on any atom is -0.352 e. The number of unbranched alkanes of at least 4 members (excludes halogenated alkanes) is 1. The minimum absolute atomic E-state index is 0.00578. The molecule has 20 heavy (non-hydrogen) atoms. The number of benzene rings is 1. The van der Waals surface area contributed by atoms with Gasteiger partial charge < -0.3 is 9.88 Å². The van der Waals surface area contributed by atoms with Crippen LogP contribution in [0.25, 0.3) is 0 Å². The molecule has 0 saturated heterocycles. The summed E-state index contributed by atoms with van der Waals surface area (Å²) in [7, 11) is 0. The van der Waals surface area contributed by atoms with Crippen LogP contribution in [0.1, 0.15) is 28.8 Å². The van der Waals surface area contributed by atoms with E-state index in [1.54, 1.807) is 6.20 Å². The van der Waals surface area contributed by atoms with Gasteiger partial charge in [0, 0.05) is 36.4 Å². The minimum atomic E-state index is -0.00578. The van der Waals surface area contributed by atoms with Gasteiger partial charge in [-0.1, -0.05) is 28.1 Å². The van der Waals surface area contributed by atoms with E-state index in [-0.39, 0.29) is 5.91 Å². The van der Waals surface area contributed by atoms with E-state index in [0.29, 0.717) is 12.1 Å². The number of amides is 1. The van der Waals surface area contributed by atoms with E-state index in [0.717, 1.165) is 24.7 Å². The van der Waals surface area contributed by atoms with Crippen molar-refractivity contribution >= 4 is 21.8 Å². The van der Waals surface area contributed by atoms with Crippen molar-refractivity contribution < 1.29 is 4.79 Å². The second-order valence-electron chi connectivity index (χ2n) is 4.59. The molecule has 0 aliphatic rings. The number of hydrogen-bond acceptors (Lipinski definition) is 2. The number of nitrogens with one attached hydrogen (secondary N) is 1. The zero-order valence-corrected chi connectivity index (χ0v) is 12.8. The fourth-order valence-electron chi connectivity index (χ4n) is 1.89. The van der Waals surface area contributed by atoms with Gasteiger partial charge in [-0.05, 0) is 30.5 Å². The van der Waals surface area contributed by atoms with Gasteiger partial charge >= 0.3 is 0 Å². The number of carbonyl (C=O) groups is 1. The van der Waals surface area contributed by atoms with Crippen LogP contribution in [0, 0.1) is 0 Å². The molecule has 0 spiro atoms. The Morgan fingerprint density at radius 1 is 1.25 bits per heavy atom. The first-order valence-corrected chi connectivity index (χ1v) is 7.80. The molecule has 2 aromatic rings. The van der Waals surface area contributed by atoms with Crippen molar-refractivity contribution in [2.75, 3.05) is 6.54 Å². The molecular weight excluding hydrogens is 318 g/mol. The Morgan fingerprint density at radius 2 is 2.05 bits per heavy atom. The number of nitrogens with zero attached hydrogens (tertiary/aromatic N) is 2. The van der Waals surface area contributed by atoms with Crippen LogP contribution in [0.5, 0.6) is 0 Å². The van der Waals surface area contributed by atoms with Crippen LogP contribution < -0.4 is 5.32 Å². The first kappa shape index (κ1) is 14.8. The third kappa shape index (κ3) is 4.49. The molecule has 0 unspecified atom stereocenters. The van der Waals surface area contributed by atoms with Gasteiger partial charge in [-0.25, -0.2) is 4.98 Å². The molecule has 1 amide bonds. The van der Waals surface area contributed by atoms with Gasteiger partial charge in [-0.2, -0.15) is 0 Å². The van der Waals surface area contributed by atoms with Gasteiger partial charge in [-0.15, -0.1) is 0 Å². The number of carbonyl (C=O) groups excluding carboxylic acids is 1. The van der Waals surface area contributed by atoms with E-state index in [2.05, 4.69) is 26.2 Å². The number of rotatable bonds is 7. The molecule has 0 saturated carbocycles. The van der Waals surface area contributed by atoms with E-state index in [1.807, 2.05) is 41.4 Å². The third-order valence-electron chi connectivity index (χ3n) is 3.06. The molecule has 2 rings (SSSR count). The lowest BCUT2D eigenvalue weighted by Crippen LogP contribution is -2.24. The lowest BCUT2D eigenvalue weighted by molar-refractivity contribution is 0.0953. The highest BCUT2D eigenvalue weighted by atomic mass is 79.9. The molecule has 0 aliphatic carbocycles. The predicted molar refractivity (Wildman–Crippen MR) is 82.9 cm³/mol. The van der Waals surface area contributed by atoms with Crippen molar-refractivity contribution in [1.29, 1.82) is 0 Å². The van der Waals surface area contributed by atoms with Gasteiger partial charge in [0.1, 0.15) is 0 Å². The quantitative estimate of drug-likeness (QED) is 0.624. The Bertz CT molecular complexity index is 523. The fourth-order valence-corrected chi connectivity index (χ4v) is 2.26. The van der Waals surface area contributed by atoms with Crippen LogP contribution in [0.3, 0.4) is 0 Å². The van der Waals surface area contributed by atoms with Crippen LogP contribution in [0.4, 0.5) is 0 Å². The molecule has 0 radical (unpaired) electrons. The van der Waals surface area contributed by atoms with Gasteiger partial charge in [0.25, 0.3) is 5.91 Å². The Labute approximate surface area is 127 Å². The lowest BCUT2D eigenvalue weighted by Gasteiger charge is -2.06. The average molecular weight is 336 g/mol. The summed E-state index contributed by atoms with van der Waals surface area (Å²) in [4.78, 5) is 15.9. The molecular formula is C15H18BrN3O. The summed E-state index contributed by atoms with van der Waals surface area (Å²) in [5.74, 6) is -0.00578. The van der Waals surface area contributed by atoms with Crippen molar-refractivity contribution in [3.63, 3.8) is 0 Å². The highest BCUT2D eigenvalue weighted by Gasteiger charge is 2.04. The number of hydrogen-bond donors (Lipinski definition) is 1. The second kappa shape index (κ2) is 7.85. The first-order chi connectivity index (χ1) is 9.79. The molecule has 0 fully saturated rings. The summed E-state index contributed by atoms with van der Waals surface area (Å²) in [5.41, 5.74) is 1.88. The van der Waals surface area contributed by atoms with Crippen LogP contribution in [0.15, 0.2) is 43.0 Å². The summed E-state index contributed by atoms with van der Waals surface area (Å²) in [5, 5.41) is 3.75. The highest BCUT2D eigenvalue weighted by molar-refractivity contribution is 9.08. The molecule has 4 nitrogen and oxygen atoms in total. The van der Waals surface area contributed by atoms with E-state index >= 15 is 0 Å². The van der Waals surface area contributed by atoms with Crippen molar-refractivity contribution in [2.24, 2.45) is 0 Å². The lowest BCUT2D eigenvalue weighted by atomic mass is 10.1. The summed E-state index contributed by atoms with van der Waals surface area (Å²) >= 11 is 3.39. The molecule has 0 bridgehead atoms. The van der Waals surface area contributed by atoms with Crippen molar-refractivity contribution in [3.05, 3.63) is 54.1 Å². The zero-order valence-electron chi connectivity index (χ0n) is 11.3. The first-order valence-electron chi connectivity index (χ1n) is 6.68. The normalized spacial score (nSPS) is 10.4. The van der Waals surface area contributed by atoms with Gasteiger partial charge in [-0.3, -0.25) is 4.79 Å². The van der Waals surface area contributed by atoms with Crippen LogP contribution in [0.2, 0.25) is 0 Å². The van der Waals surface area contributed by atoms with E-state index in [4.69, 9.17) is 0 Å². The van der Waals surface area contributed by atoms with Crippen LogP contribution >= 0.6 is 15.9 Å². The molecule has 106 valence electrons. The summed E-state index contributed by atoms with van der Waals surface area (Å²) in [6.45, 7) is 1.64. The maximum atomic E-state index is 11.9. The Kier molecular flexibility index (Phi) is 5.80. The van der Waals surface area contributed by atoms with E-state index < -0.39 is 0 Å². The summed E-state index contributed by atoms with van der Waals surface area (Å²) < 4.78 is 2.04. The van der Waals surface area contributed by atoms with Gasteiger partial charge in [0.05, 0.1) is 6.33 Å². The Morgan fingerprint density at radius 3 is 2.70 bits per heavy atom. The fraction of sp³-hybridized carbons (Fsp3) is 0.333. The van der Waals surface area contributed by atoms with Gasteiger partial charge in [0.15, 0.2) is 0 Å². The number of aromatic nitrogens is 2. The summed E-state index contributed by atoms with van der Waals surface area (Å²) in [6.07, 6.45) is 7.52. The molecule has 1 N–H and O–H groups in total. The molecule has 1 aromatic carbocycles. The molecule has 5 heteroatoms. The maximum Gasteiger partial charge on any atom is 0.251 e. The smallest absolute Gasteiger partial charge is 0.251 e.